The van der Waals surface area contributed by atoms with Gasteiger partial charge in [-0.25, -0.2) is 9.59 Å². The van der Waals surface area contributed by atoms with Gasteiger partial charge in [-0.3, -0.25) is 20.2 Å². The standard InChI is InChI=1S/C24H26N4O4/c29-19-23(27-21(31)25-19,17-11-5-3-6-12-17)15-9-1-2-10-16-24(18-13-7-4-8-14-18)20(30)26-22(32)28-24/h3-8,11-14H,1-2,9-10,15-16H2,(H2,25,27,29,31)(H2,26,28,30,32)/t23-,24+. The molecule has 166 valence electrons. The van der Waals surface area contributed by atoms with Crippen LogP contribution in [0.4, 0.5) is 9.59 Å². The minimum absolute atomic E-state index is 0.331. The average Bonchev–Trinajstić information content (AvgIpc) is 3.26. The number of carbonyl (C=O) groups is 4. The van der Waals surface area contributed by atoms with Gasteiger partial charge in [0.25, 0.3) is 11.8 Å². The zero-order valence-corrected chi connectivity index (χ0v) is 17.6. The van der Waals surface area contributed by atoms with Crippen molar-refractivity contribution < 1.29 is 19.2 Å². The maximum Gasteiger partial charge on any atom is 0.322 e. The van der Waals surface area contributed by atoms with Crippen molar-refractivity contribution >= 4 is 23.9 Å². The van der Waals surface area contributed by atoms with Crippen molar-refractivity contribution in [1.29, 1.82) is 0 Å². The lowest BCUT2D eigenvalue weighted by atomic mass is 9.83. The number of carbonyl (C=O) groups excluding carboxylic acids is 4. The Morgan fingerprint density at radius 3 is 1.22 bits per heavy atom. The van der Waals surface area contributed by atoms with Crippen LogP contribution in [-0.2, 0) is 20.7 Å². The summed E-state index contributed by atoms with van der Waals surface area (Å²) in [4.78, 5) is 48.8. The number of hydrogen-bond acceptors (Lipinski definition) is 4. The van der Waals surface area contributed by atoms with Crippen molar-refractivity contribution in [1.82, 2.24) is 21.3 Å². The Balaban J connectivity index is 1.36. The molecule has 8 nitrogen and oxygen atoms in total. The van der Waals surface area contributed by atoms with E-state index in [1.54, 1.807) is 0 Å². The first-order valence-electron chi connectivity index (χ1n) is 10.8. The number of unbranched alkanes of at least 4 members (excludes halogenated alkanes) is 3. The highest BCUT2D eigenvalue weighted by Crippen LogP contribution is 2.33. The van der Waals surface area contributed by atoms with E-state index in [0.29, 0.717) is 12.8 Å². The number of imide groups is 2. The number of rotatable bonds is 9. The van der Waals surface area contributed by atoms with E-state index in [4.69, 9.17) is 0 Å². The van der Waals surface area contributed by atoms with Gasteiger partial charge in [0.2, 0.25) is 0 Å². The predicted octanol–water partition coefficient (Wildman–Crippen LogP) is 2.80. The fraction of sp³-hybridized carbons (Fsp3) is 0.333. The molecule has 2 aliphatic rings. The van der Waals surface area contributed by atoms with Crippen LogP contribution in [0.2, 0.25) is 0 Å². The predicted molar refractivity (Wildman–Crippen MR) is 117 cm³/mol. The van der Waals surface area contributed by atoms with Crippen LogP contribution >= 0.6 is 0 Å². The van der Waals surface area contributed by atoms with E-state index >= 15 is 0 Å². The van der Waals surface area contributed by atoms with Gasteiger partial charge < -0.3 is 10.6 Å². The summed E-state index contributed by atoms with van der Waals surface area (Å²) in [6.45, 7) is 0. The van der Waals surface area contributed by atoms with Crippen molar-refractivity contribution in [2.75, 3.05) is 0 Å². The van der Waals surface area contributed by atoms with Crippen LogP contribution in [0.5, 0.6) is 0 Å². The quantitative estimate of drug-likeness (QED) is 0.359. The molecule has 2 aromatic rings. The molecule has 2 heterocycles. The highest BCUT2D eigenvalue weighted by atomic mass is 16.2. The van der Waals surface area contributed by atoms with Crippen LogP contribution in [-0.4, -0.2) is 23.9 Å². The van der Waals surface area contributed by atoms with Gasteiger partial charge in [-0.2, -0.15) is 0 Å². The van der Waals surface area contributed by atoms with E-state index in [1.807, 2.05) is 60.7 Å². The second kappa shape index (κ2) is 8.82. The molecule has 2 saturated heterocycles. The maximum absolute atomic E-state index is 12.6. The molecule has 0 aromatic heterocycles. The molecule has 4 N–H and O–H groups in total. The first-order chi connectivity index (χ1) is 15.5. The average molecular weight is 434 g/mol. The van der Waals surface area contributed by atoms with E-state index in [2.05, 4.69) is 21.3 Å². The Labute approximate surface area is 186 Å². The molecule has 4 rings (SSSR count). The van der Waals surface area contributed by atoms with E-state index < -0.39 is 23.1 Å². The van der Waals surface area contributed by atoms with Crippen molar-refractivity contribution in [3.63, 3.8) is 0 Å². The summed E-state index contributed by atoms with van der Waals surface area (Å²) in [6.07, 6.45) is 4.04. The smallest absolute Gasteiger partial charge is 0.319 e. The lowest BCUT2D eigenvalue weighted by Crippen LogP contribution is -2.44. The lowest BCUT2D eigenvalue weighted by molar-refractivity contribution is -0.125. The Morgan fingerprint density at radius 1 is 0.531 bits per heavy atom. The number of benzene rings is 2. The van der Waals surface area contributed by atoms with Crippen LogP contribution in [0.3, 0.4) is 0 Å². The maximum atomic E-state index is 12.6. The zero-order chi connectivity index (χ0) is 22.6. The molecule has 0 bridgehead atoms. The number of nitrogens with one attached hydrogen (secondary N) is 4. The highest BCUT2D eigenvalue weighted by Gasteiger charge is 2.48. The molecule has 2 aliphatic heterocycles. The number of urea groups is 2. The van der Waals surface area contributed by atoms with E-state index in [9.17, 15) is 19.2 Å². The monoisotopic (exact) mass is 434 g/mol. The highest BCUT2D eigenvalue weighted by molar-refractivity contribution is 6.08. The molecule has 32 heavy (non-hydrogen) atoms. The molecule has 0 aliphatic carbocycles. The molecule has 2 fully saturated rings. The Bertz CT molecular complexity index is 943. The fourth-order valence-corrected chi connectivity index (χ4v) is 4.61. The molecule has 0 radical (unpaired) electrons. The zero-order valence-electron chi connectivity index (χ0n) is 17.6. The van der Waals surface area contributed by atoms with Crippen LogP contribution < -0.4 is 21.3 Å². The lowest BCUT2D eigenvalue weighted by Gasteiger charge is -2.27. The van der Waals surface area contributed by atoms with Crippen molar-refractivity contribution in [3.8, 4) is 0 Å². The summed E-state index contributed by atoms with van der Waals surface area (Å²) < 4.78 is 0. The largest absolute Gasteiger partial charge is 0.322 e. The van der Waals surface area contributed by atoms with Crippen LogP contribution in [0.25, 0.3) is 0 Å². The van der Waals surface area contributed by atoms with E-state index in [0.717, 1.165) is 36.8 Å². The molecule has 0 saturated carbocycles. The first-order valence-corrected chi connectivity index (χ1v) is 10.8. The molecular weight excluding hydrogens is 408 g/mol. The van der Waals surface area contributed by atoms with Gasteiger partial charge in [0, 0.05) is 0 Å². The first kappa shape index (κ1) is 21.5. The molecule has 0 spiro atoms. The normalized spacial score (nSPS) is 24.6. The van der Waals surface area contributed by atoms with Crippen LogP contribution in [0.15, 0.2) is 60.7 Å². The van der Waals surface area contributed by atoms with E-state index in [-0.39, 0.29) is 11.8 Å². The van der Waals surface area contributed by atoms with Gasteiger partial charge in [0.1, 0.15) is 11.1 Å². The minimum Gasteiger partial charge on any atom is -0.319 e. The topological polar surface area (TPSA) is 116 Å². The molecule has 2 atom stereocenters. The summed E-state index contributed by atoms with van der Waals surface area (Å²) in [5.41, 5.74) is -0.584. The van der Waals surface area contributed by atoms with Gasteiger partial charge >= 0.3 is 12.1 Å². The summed E-state index contributed by atoms with van der Waals surface area (Å²) in [5, 5.41) is 10.3. The molecule has 8 heteroatoms. The second-order valence-corrected chi connectivity index (χ2v) is 8.27. The van der Waals surface area contributed by atoms with Gasteiger partial charge in [0.15, 0.2) is 0 Å². The molecule has 2 aromatic carbocycles. The summed E-state index contributed by atoms with van der Waals surface area (Å²) >= 11 is 0. The van der Waals surface area contributed by atoms with E-state index in [1.165, 1.54) is 0 Å². The third-order valence-corrected chi connectivity index (χ3v) is 6.27. The summed E-state index contributed by atoms with van der Waals surface area (Å²) in [6, 6.07) is 17.5. The van der Waals surface area contributed by atoms with Gasteiger partial charge in [0.05, 0.1) is 0 Å². The minimum atomic E-state index is -1.05. The SMILES string of the molecule is O=C1NC(=O)[C@@](CCCCCC[C@@]2(c3ccccc3)NC(=O)NC2=O)(c2ccccc2)N1. The molecule has 6 amide bonds. The van der Waals surface area contributed by atoms with Gasteiger partial charge in [-0.15, -0.1) is 0 Å². The Hall–Kier alpha value is -3.68. The van der Waals surface area contributed by atoms with Gasteiger partial charge in [-0.1, -0.05) is 86.3 Å². The molecule has 0 unspecified atom stereocenters. The summed E-state index contributed by atoms with van der Waals surface area (Å²) in [7, 11) is 0. The third-order valence-electron chi connectivity index (χ3n) is 6.27. The molecular formula is C24H26N4O4. The number of amides is 6. The summed E-state index contributed by atoms with van der Waals surface area (Å²) in [5.74, 6) is -0.663. The Kier molecular flexibility index (Phi) is 5.94. The van der Waals surface area contributed by atoms with Gasteiger partial charge in [-0.05, 0) is 24.0 Å². The van der Waals surface area contributed by atoms with Crippen LogP contribution in [0, 0.1) is 0 Å². The Morgan fingerprint density at radius 2 is 0.906 bits per heavy atom. The second-order valence-electron chi connectivity index (χ2n) is 8.27. The van der Waals surface area contributed by atoms with Crippen molar-refractivity contribution in [2.24, 2.45) is 0 Å². The fourth-order valence-electron chi connectivity index (χ4n) is 4.61. The van der Waals surface area contributed by atoms with Crippen molar-refractivity contribution in [3.05, 3.63) is 71.8 Å². The van der Waals surface area contributed by atoms with Crippen molar-refractivity contribution in [2.45, 2.75) is 49.6 Å². The third kappa shape index (κ3) is 3.95. The number of hydrogen-bond donors (Lipinski definition) is 4. The van der Waals surface area contributed by atoms with Crippen LogP contribution in [0.1, 0.15) is 49.7 Å².